The van der Waals surface area contributed by atoms with E-state index in [0.29, 0.717) is 24.3 Å². The molecule has 0 unspecified atom stereocenters. The number of pyridine rings is 1. The minimum absolute atomic E-state index is 0.172. The Bertz CT molecular complexity index is 1080. The first kappa shape index (κ1) is 20.4. The number of urea groups is 1. The van der Waals surface area contributed by atoms with Crippen molar-refractivity contribution in [3.63, 3.8) is 0 Å². The number of thioether (sulfide) groups is 1. The van der Waals surface area contributed by atoms with Gasteiger partial charge in [-0.25, -0.2) is 9.78 Å². The van der Waals surface area contributed by atoms with Gasteiger partial charge in [-0.1, -0.05) is 12.1 Å². The number of anilines is 2. The lowest BCUT2D eigenvalue weighted by Gasteiger charge is -2.30. The van der Waals surface area contributed by atoms with E-state index in [1.165, 1.54) is 0 Å². The van der Waals surface area contributed by atoms with E-state index in [4.69, 9.17) is 0 Å². The third kappa shape index (κ3) is 4.49. The van der Waals surface area contributed by atoms with Crippen LogP contribution < -0.4 is 15.5 Å². The van der Waals surface area contributed by atoms with Gasteiger partial charge < -0.3 is 10.6 Å². The number of carbonyl (C=O) groups excluding carboxylic acids is 2. The highest BCUT2D eigenvalue weighted by molar-refractivity contribution is 7.99. The van der Waals surface area contributed by atoms with Gasteiger partial charge >= 0.3 is 6.03 Å². The van der Waals surface area contributed by atoms with Crippen LogP contribution >= 0.6 is 23.1 Å². The van der Waals surface area contributed by atoms with Gasteiger partial charge in [-0.15, -0.1) is 23.1 Å². The summed E-state index contributed by atoms with van der Waals surface area (Å²) >= 11 is 3.27. The molecule has 1 aliphatic heterocycles. The fourth-order valence-electron chi connectivity index (χ4n) is 3.38. The fourth-order valence-corrected chi connectivity index (χ4v) is 5.11. The van der Waals surface area contributed by atoms with Crippen molar-refractivity contribution < 1.29 is 9.59 Å². The summed E-state index contributed by atoms with van der Waals surface area (Å²) in [6.45, 7) is 5.05. The molecule has 4 rings (SSSR count). The lowest BCUT2D eigenvalue weighted by atomic mass is 10.2. The molecular formula is C22H22N4O2S2. The Morgan fingerprint density at radius 3 is 2.83 bits per heavy atom. The van der Waals surface area contributed by atoms with E-state index in [-0.39, 0.29) is 11.9 Å². The zero-order chi connectivity index (χ0) is 21.1. The number of thiophene rings is 1. The highest BCUT2D eigenvalue weighted by Gasteiger charge is 2.26. The quantitative estimate of drug-likeness (QED) is 0.612. The number of hydrogen-bond acceptors (Lipinski definition) is 5. The minimum Gasteiger partial charge on any atom is -0.347 e. The number of fused-ring (bicyclic) bond motifs is 1. The molecular weight excluding hydrogens is 416 g/mol. The van der Waals surface area contributed by atoms with Crippen LogP contribution in [0.4, 0.5) is 16.2 Å². The van der Waals surface area contributed by atoms with E-state index in [1.54, 1.807) is 52.3 Å². The van der Waals surface area contributed by atoms with Gasteiger partial charge in [-0.3, -0.25) is 9.69 Å². The predicted octanol–water partition coefficient (Wildman–Crippen LogP) is 4.83. The maximum absolute atomic E-state index is 13.0. The second-order valence-electron chi connectivity index (χ2n) is 7.01. The fraction of sp³-hybridized carbons (Fsp3) is 0.227. The van der Waals surface area contributed by atoms with Crippen molar-refractivity contribution in [2.75, 3.05) is 22.5 Å². The molecule has 0 radical (unpaired) electrons. The number of hydrogen-bond donors (Lipinski definition) is 2. The second kappa shape index (κ2) is 8.89. The highest BCUT2D eigenvalue weighted by atomic mass is 32.2. The normalized spacial score (nSPS) is 12.9. The van der Waals surface area contributed by atoms with Crippen molar-refractivity contribution >= 4 is 46.4 Å². The Balaban J connectivity index is 1.47. The molecule has 1 aromatic carbocycles. The van der Waals surface area contributed by atoms with Crippen molar-refractivity contribution in [2.24, 2.45) is 0 Å². The summed E-state index contributed by atoms with van der Waals surface area (Å²) in [6, 6.07) is 12.7. The number of aromatic nitrogens is 1. The first-order chi connectivity index (χ1) is 14.5. The zero-order valence-electron chi connectivity index (χ0n) is 16.8. The van der Waals surface area contributed by atoms with Gasteiger partial charge in [-0.2, -0.15) is 0 Å². The molecule has 3 amide bonds. The Morgan fingerprint density at radius 1 is 1.17 bits per heavy atom. The average molecular weight is 439 g/mol. The standard InChI is InChI=1S/C22H22N4O2S2/c1-14-11-15(2)24-21-19(14)26(8-10-30-21)22(28)25-17-6-3-5-16(12-17)20(27)23-13-18-7-4-9-29-18/h3-7,9,11-12H,8,10,13H2,1-2H3,(H,23,27)(H,25,28). The molecule has 3 heterocycles. The maximum atomic E-state index is 13.0. The third-order valence-corrected chi connectivity index (χ3v) is 6.55. The summed E-state index contributed by atoms with van der Waals surface area (Å²) in [6.07, 6.45) is 0. The SMILES string of the molecule is Cc1cc(C)c2c(n1)SCCN2C(=O)Nc1cccc(C(=O)NCc2cccs2)c1. The molecule has 2 N–H and O–H groups in total. The summed E-state index contributed by atoms with van der Waals surface area (Å²) in [5.41, 5.74) is 3.93. The molecule has 0 saturated heterocycles. The molecule has 2 aromatic heterocycles. The highest BCUT2D eigenvalue weighted by Crippen LogP contribution is 2.36. The summed E-state index contributed by atoms with van der Waals surface area (Å²) in [7, 11) is 0. The molecule has 30 heavy (non-hydrogen) atoms. The van der Waals surface area contributed by atoms with E-state index in [0.717, 1.165) is 32.6 Å². The van der Waals surface area contributed by atoms with Crippen molar-refractivity contribution in [2.45, 2.75) is 25.4 Å². The summed E-state index contributed by atoms with van der Waals surface area (Å²) in [4.78, 5) is 32.9. The number of nitrogens with zero attached hydrogens (tertiary/aromatic N) is 2. The lowest BCUT2D eigenvalue weighted by Crippen LogP contribution is -2.39. The van der Waals surface area contributed by atoms with E-state index >= 15 is 0 Å². The van der Waals surface area contributed by atoms with Gasteiger partial charge in [0.2, 0.25) is 0 Å². The number of aryl methyl sites for hydroxylation is 2. The predicted molar refractivity (Wildman–Crippen MR) is 123 cm³/mol. The molecule has 0 saturated carbocycles. The smallest absolute Gasteiger partial charge is 0.326 e. The Labute approximate surface area is 183 Å². The van der Waals surface area contributed by atoms with Crippen molar-refractivity contribution in [3.8, 4) is 0 Å². The van der Waals surface area contributed by atoms with E-state index in [2.05, 4.69) is 15.6 Å². The van der Waals surface area contributed by atoms with Crippen LogP contribution in [-0.2, 0) is 6.54 Å². The Kier molecular flexibility index (Phi) is 6.06. The maximum Gasteiger partial charge on any atom is 0.326 e. The summed E-state index contributed by atoms with van der Waals surface area (Å²) in [5.74, 6) is 0.622. The van der Waals surface area contributed by atoms with Crippen LogP contribution in [0.5, 0.6) is 0 Å². The van der Waals surface area contributed by atoms with Crippen molar-refractivity contribution in [3.05, 3.63) is 69.5 Å². The van der Waals surface area contributed by atoms with Crippen LogP contribution in [-0.4, -0.2) is 29.2 Å². The van der Waals surface area contributed by atoms with E-state index < -0.39 is 0 Å². The summed E-state index contributed by atoms with van der Waals surface area (Å²) < 4.78 is 0. The molecule has 6 nitrogen and oxygen atoms in total. The molecule has 0 fully saturated rings. The zero-order valence-corrected chi connectivity index (χ0v) is 18.4. The molecule has 3 aromatic rings. The minimum atomic E-state index is -0.221. The first-order valence-corrected chi connectivity index (χ1v) is 11.5. The van der Waals surface area contributed by atoms with Gasteiger partial charge in [0.15, 0.2) is 0 Å². The molecule has 154 valence electrons. The first-order valence-electron chi connectivity index (χ1n) is 9.61. The van der Waals surface area contributed by atoms with Crippen LogP contribution in [0.15, 0.2) is 52.9 Å². The number of nitrogens with one attached hydrogen (secondary N) is 2. The number of amides is 3. The monoisotopic (exact) mass is 438 g/mol. The lowest BCUT2D eigenvalue weighted by molar-refractivity contribution is 0.0951. The topological polar surface area (TPSA) is 74.3 Å². The Morgan fingerprint density at radius 2 is 2.03 bits per heavy atom. The van der Waals surface area contributed by atoms with E-state index in [9.17, 15) is 9.59 Å². The van der Waals surface area contributed by atoms with Crippen LogP contribution in [0.3, 0.4) is 0 Å². The van der Waals surface area contributed by atoms with Crippen molar-refractivity contribution in [1.82, 2.24) is 10.3 Å². The van der Waals surface area contributed by atoms with Crippen molar-refractivity contribution in [1.29, 1.82) is 0 Å². The van der Waals surface area contributed by atoms with Gasteiger partial charge in [0.05, 0.1) is 12.2 Å². The van der Waals surface area contributed by atoms with Gasteiger partial charge in [0.25, 0.3) is 5.91 Å². The Hall–Kier alpha value is -2.84. The van der Waals surface area contributed by atoms with E-state index in [1.807, 2.05) is 37.4 Å². The largest absolute Gasteiger partial charge is 0.347 e. The number of benzene rings is 1. The molecule has 1 aliphatic rings. The van der Waals surface area contributed by atoms with Gasteiger partial charge in [0.1, 0.15) is 5.03 Å². The third-order valence-electron chi connectivity index (χ3n) is 4.73. The molecule has 0 spiro atoms. The molecule has 0 aliphatic carbocycles. The van der Waals surface area contributed by atoms with Crippen LogP contribution in [0.2, 0.25) is 0 Å². The van der Waals surface area contributed by atoms with Gasteiger partial charge in [-0.05, 0) is 55.1 Å². The molecule has 0 bridgehead atoms. The number of rotatable bonds is 4. The average Bonchev–Trinajstić information content (AvgIpc) is 3.25. The van der Waals surface area contributed by atoms with Crippen LogP contribution in [0.1, 0.15) is 26.5 Å². The van der Waals surface area contributed by atoms with Crippen LogP contribution in [0, 0.1) is 13.8 Å². The number of carbonyl (C=O) groups is 2. The van der Waals surface area contributed by atoms with Crippen LogP contribution in [0.25, 0.3) is 0 Å². The summed E-state index contributed by atoms with van der Waals surface area (Å²) in [5, 5.41) is 8.70. The second-order valence-corrected chi connectivity index (χ2v) is 9.12. The molecule has 8 heteroatoms. The van der Waals surface area contributed by atoms with Gasteiger partial charge in [0, 0.05) is 34.1 Å². The molecule has 0 atom stereocenters.